The van der Waals surface area contributed by atoms with Gasteiger partial charge in [-0.05, 0) is 88.0 Å². The Morgan fingerprint density at radius 3 is 2.48 bits per heavy atom. The Hall–Kier alpha value is -0.810. The average molecular weight is 421 g/mol. The minimum Gasteiger partial charge on any atom is -0.351 e. The monoisotopic (exact) mass is 420 g/mol. The van der Waals surface area contributed by atoms with Crippen molar-refractivity contribution in [2.75, 3.05) is 0 Å². The van der Waals surface area contributed by atoms with E-state index in [-0.39, 0.29) is 34.2 Å². The molecule has 1 amide bonds. The molecule has 3 fully saturated rings. The Bertz CT molecular complexity index is 663. The van der Waals surface area contributed by atoms with Crippen molar-refractivity contribution in [1.82, 2.24) is 10.0 Å². The smallest absolute Gasteiger partial charge is 0.224 e. The van der Waals surface area contributed by atoms with Gasteiger partial charge in [0.15, 0.2) is 0 Å². The third kappa shape index (κ3) is 3.94. The zero-order valence-corrected chi connectivity index (χ0v) is 19.7. The van der Waals surface area contributed by atoms with Crippen LogP contribution in [0.3, 0.4) is 0 Å². The normalized spacial score (nSPS) is 42.3. The number of fused-ring (bicyclic) bond motifs is 3. The van der Waals surface area contributed by atoms with Gasteiger partial charge in [-0.1, -0.05) is 39.7 Å². The summed E-state index contributed by atoms with van der Waals surface area (Å²) in [6.45, 7) is 11.0. The van der Waals surface area contributed by atoms with E-state index >= 15 is 0 Å². The first kappa shape index (κ1) is 22.9. The number of aldehydes is 1. The minimum absolute atomic E-state index is 0.0720. The van der Waals surface area contributed by atoms with Crippen LogP contribution in [0.1, 0.15) is 79.6 Å². The van der Waals surface area contributed by atoms with Gasteiger partial charge in [0.25, 0.3) is 0 Å². The van der Waals surface area contributed by atoms with Gasteiger partial charge in [0.2, 0.25) is 5.91 Å². The summed E-state index contributed by atoms with van der Waals surface area (Å²) in [6.07, 6.45) is 12.2. The van der Waals surface area contributed by atoms with Crippen molar-refractivity contribution in [2.45, 2.75) is 91.1 Å². The molecule has 0 aromatic carbocycles. The van der Waals surface area contributed by atoms with Crippen molar-refractivity contribution in [3.05, 3.63) is 12.2 Å². The van der Waals surface area contributed by atoms with E-state index in [2.05, 4.69) is 63.5 Å². The van der Waals surface area contributed by atoms with Gasteiger partial charge in [-0.3, -0.25) is 14.3 Å². The maximum absolute atomic E-state index is 13.2. The van der Waals surface area contributed by atoms with Crippen LogP contribution in [0.2, 0.25) is 0 Å². The third-order valence-corrected chi connectivity index (χ3v) is 9.44. The van der Waals surface area contributed by atoms with Crippen LogP contribution in [0.4, 0.5) is 0 Å². The van der Waals surface area contributed by atoms with Gasteiger partial charge in [-0.2, -0.15) is 0 Å². The molecule has 0 aromatic heterocycles. The molecule has 0 radical (unpaired) electrons. The van der Waals surface area contributed by atoms with Crippen LogP contribution in [0, 0.1) is 34.5 Å². The van der Waals surface area contributed by atoms with Crippen LogP contribution in [0.25, 0.3) is 0 Å². The molecule has 3 aliphatic carbocycles. The molecule has 3 rings (SSSR count). The van der Waals surface area contributed by atoms with Crippen molar-refractivity contribution < 1.29 is 9.59 Å². The molecule has 2 N–H and O–H groups in total. The van der Waals surface area contributed by atoms with Crippen LogP contribution in [-0.2, 0) is 9.59 Å². The molecule has 0 aliphatic heterocycles. The predicted octanol–water partition coefficient (Wildman–Crippen LogP) is 4.71. The lowest BCUT2D eigenvalue weighted by Gasteiger charge is -2.58. The van der Waals surface area contributed by atoms with Crippen molar-refractivity contribution in [2.24, 2.45) is 34.5 Å². The molecule has 29 heavy (non-hydrogen) atoms. The molecule has 164 valence electrons. The van der Waals surface area contributed by atoms with Gasteiger partial charge in [0.05, 0.1) is 0 Å². The highest BCUT2D eigenvalue weighted by molar-refractivity contribution is 7.78. The molecule has 0 saturated heterocycles. The van der Waals surface area contributed by atoms with E-state index in [9.17, 15) is 9.59 Å². The number of thiol groups is 1. The van der Waals surface area contributed by atoms with Crippen LogP contribution < -0.4 is 10.0 Å². The lowest BCUT2D eigenvalue weighted by Crippen LogP contribution is -2.56. The van der Waals surface area contributed by atoms with E-state index in [0.717, 1.165) is 44.8 Å². The van der Waals surface area contributed by atoms with Crippen molar-refractivity contribution in [3.8, 4) is 0 Å². The van der Waals surface area contributed by atoms with Gasteiger partial charge in [-0.15, -0.1) is 0 Å². The fourth-order valence-corrected chi connectivity index (χ4v) is 7.43. The van der Waals surface area contributed by atoms with E-state index in [1.54, 1.807) is 6.08 Å². The number of allylic oxidation sites excluding steroid dienone is 1. The molecule has 5 unspecified atom stereocenters. The first-order chi connectivity index (χ1) is 13.6. The summed E-state index contributed by atoms with van der Waals surface area (Å²) in [7, 11) is 0. The molecule has 0 bridgehead atoms. The van der Waals surface area contributed by atoms with Gasteiger partial charge in [0.1, 0.15) is 6.29 Å². The fraction of sp³-hybridized carbons (Fsp3) is 0.833. The molecule has 3 aliphatic rings. The molecule has 5 heteroatoms. The SMILES string of the molecule is CCC(C)(C)NC(=O)C1CCC2C3CCC(NS)[C@](C)(/C=C\C=O)C3CC[C@]12C. The maximum atomic E-state index is 13.2. The Morgan fingerprint density at radius 2 is 1.86 bits per heavy atom. The Balaban J connectivity index is 1.84. The maximum Gasteiger partial charge on any atom is 0.224 e. The Kier molecular flexibility index (Phi) is 6.60. The van der Waals surface area contributed by atoms with Gasteiger partial charge in [-0.25, -0.2) is 0 Å². The summed E-state index contributed by atoms with van der Waals surface area (Å²) in [4.78, 5) is 24.3. The van der Waals surface area contributed by atoms with Crippen molar-refractivity contribution >= 4 is 25.0 Å². The van der Waals surface area contributed by atoms with Crippen LogP contribution in [0.5, 0.6) is 0 Å². The highest BCUT2D eigenvalue weighted by Gasteiger charge is 2.60. The third-order valence-electron chi connectivity index (χ3n) is 9.13. The first-order valence-electron chi connectivity index (χ1n) is 11.5. The second-order valence-electron chi connectivity index (χ2n) is 10.9. The van der Waals surface area contributed by atoms with E-state index in [1.807, 2.05) is 0 Å². The zero-order valence-electron chi connectivity index (χ0n) is 18.8. The standard InChI is InChI=1S/C24H40N2O2S/c1-6-22(2,3)25-21(28)19-10-9-17-16-8-11-20(26-29)24(5,13-7-15-27)18(16)12-14-23(17,19)4/h7,13,15-20,26,29H,6,8-12,14H2,1-5H3,(H,25,28)/b13-7-/t16?,17?,18?,19?,20?,23-,24+/m0/s1. The fourth-order valence-electron chi connectivity index (χ4n) is 7.02. The Morgan fingerprint density at radius 1 is 1.14 bits per heavy atom. The molecule has 7 atom stereocenters. The number of amides is 1. The van der Waals surface area contributed by atoms with Crippen LogP contribution in [0.15, 0.2) is 12.2 Å². The summed E-state index contributed by atoms with van der Waals surface area (Å²) in [5.41, 5.74) is -0.125. The lowest BCUT2D eigenvalue weighted by atomic mass is 9.48. The molecule has 4 nitrogen and oxygen atoms in total. The molecule has 3 saturated carbocycles. The topological polar surface area (TPSA) is 58.2 Å². The average Bonchev–Trinajstić information content (AvgIpc) is 3.04. The van der Waals surface area contributed by atoms with Crippen LogP contribution in [-0.4, -0.2) is 23.8 Å². The number of hydrogen-bond acceptors (Lipinski definition) is 4. The minimum atomic E-state index is -0.142. The van der Waals surface area contributed by atoms with Gasteiger partial charge < -0.3 is 5.32 Å². The largest absolute Gasteiger partial charge is 0.351 e. The summed E-state index contributed by atoms with van der Waals surface area (Å²) < 4.78 is 3.23. The number of carbonyl (C=O) groups excluding carboxylic acids is 2. The molecule has 0 aromatic rings. The van der Waals surface area contributed by atoms with E-state index in [4.69, 9.17) is 0 Å². The van der Waals surface area contributed by atoms with E-state index in [0.29, 0.717) is 17.8 Å². The number of rotatable bonds is 6. The molecule has 0 heterocycles. The number of hydrogen-bond donors (Lipinski definition) is 3. The highest BCUT2D eigenvalue weighted by Crippen LogP contribution is 2.64. The molecular formula is C24H40N2O2S. The second-order valence-corrected chi connectivity index (χ2v) is 11.2. The van der Waals surface area contributed by atoms with Gasteiger partial charge in [0, 0.05) is 22.9 Å². The lowest BCUT2D eigenvalue weighted by molar-refractivity contribution is -0.134. The van der Waals surface area contributed by atoms with Crippen molar-refractivity contribution in [3.63, 3.8) is 0 Å². The van der Waals surface area contributed by atoms with E-state index in [1.165, 1.54) is 6.42 Å². The predicted molar refractivity (Wildman–Crippen MR) is 122 cm³/mol. The van der Waals surface area contributed by atoms with Gasteiger partial charge >= 0.3 is 0 Å². The van der Waals surface area contributed by atoms with Crippen LogP contribution >= 0.6 is 12.8 Å². The summed E-state index contributed by atoms with van der Waals surface area (Å²) in [5, 5.41) is 3.33. The zero-order chi connectivity index (χ0) is 21.4. The van der Waals surface area contributed by atoms with Crippen molar-refractivity contribution in [1.29, 1.82) is 0 Å². The number of carbonyl (C=O) groups is 2. The first-order valence-corrected chi connectivity index (χ1v) is 11.9. The summed E-state index contributed by atoms with van der Waals surface area (Å²) >= 11 is 4.41. The quantitative estimate of drug-likeness (QED) is 0.331. The van der Waals surface area contributed by atoms with E-state index < -0.39 is 0 Å². The Labute approximate surface area is 182 Å². The summed E-state index contributed by atoms with van der Waals surface area (Å²) in [5.74, 6) is 2.12. The molecular weight excluding hydrogens is 380 g/mol. The summed E-state index contributed by atoms with van der Waals surface area (Å²) in [6, 6.07) is 0.276. The number of nitrogens with one attached hydrogen (secondary N) is 2. The highest BCUT2D eigenvalue weighted by atomic mass is 32.1. The second kappa shape index (κ2) is 8.37. The molecule has 0 spiro atoms.